The maximum Gasteiger partial charge on any atom is 0.343 e. The summed E-state index contributed by atoms with van der Waals surface area (Å²) in [6.45, 7) is 5.43. The molecule has 0 fully saturated rings. The molecule has 0 bridgehead atoms. The number of carbonyl (C=O) groups excluding carboxylic acids is 2. The summed E-state index contributed by atoms with van der Waals surface area (Å²) in [5, 5.41) is 0. The predicted molar refractivity (Wildman–Crippen MR) is 174 cm³/mol. The molecule has 0 aliphatic carbocycles. The van der Waals surface area contributed by atoms with Gasteiger partial charge < -0.3 is 23.7 Å². The van der Waals surface area contributed by atoms with Crippen LogP contribution >= 0.6 is 56.5 Å². The Morgan fingerprint density at radius 1 is 1.05 bits per heavy atom. The Hall–Kier alpha value is -2.92. The molecular formula is C29H28I2N2O8S. The van der Waals surface area contributed by atoms with Crippen molar-refractivity contribution in [1.29, 1.82) is 0 Å². The number of benzene rings is 2. The van der Waals surface area contributed by atoms with Crippen LogP contribution in [0.4, 0.5) is 0 Å². The molecule has 4 rings (SSSR count). The first-order valence-corrected chi connectivity index (χ1v) is 15.8. The molecule has 0 amide bonds. The minimum absolute atomic E-state index is 0.159. The maximum absolute atomic E-state index is 14.0. The van der Waals surface area contributed by atoms with Gasteiger partial charge in [-0.05, 0) is 107 Å². The quantitative estimate of drug-likeness (QED) is 0.223. The number of carbonyl (C=O) groups is 2. The topological polar surface area (TPSA) is 115 Å². The number of rotatable bonds is 10. The van der Waals surface area contributed by atoms with E-state index in [4.69, 9.17) is 18.9 Å². The number of esters is 2. The molecule has 2 aromatic carbocycles. The lowest BCUT2D eigenvalue weighted by atomic mass is 9.95. The minimum atomic E-state index is -0.840. The molecule has 42 heavy (non-hydrogen) atoms. The van der Waals surface area contributed by atoms with Crippen LogP contribution in [0.2, 0.25) is 0 Å². The highest BCUT2D eigenvalue weighted by Gasteiger charge is 2.34. The zero-order valence-electron chi connectivity index (χ0n) is 23.5. The van der Waals surface area contributed by atoms with Crippen LogP contribution in [0.25, 0.3) is 6.08 Å². The van der Waals surface area contributed by atoms with Crippen LogP contribution in [0, 0.1) is 7.14 Å². The van der Waals surface area contributed by atoms with Crippen LogP contribution < -0.4 is 29.1 Å². The van der Waals surface area contributed by atoms with Gasteiger partial charge in [-0.2, -0.15) is 0 Å². The summed E-state index contributed by atoms with van der Waals surface area (Å²) in [4.78, 5) is 44.0. The van der Waals surface area contributed by atoms with E-state index in [9.17, 15) is 14.4 Å². The molecule has 0 N–H and O–H groups in total. The highest BCUT2D eigenvalue weighted by molar-refractivity contribution is 14.1. The fourth-order valence-electron chi connectivity index (χ4n) is 4.39. The van der Waals surface area contributed by atoms with Crippen LogP contribution in [-0.2, 0) is 19.1 Å². The van der Waals surface area contributed by atoms with Gasteiger partial charge in [0.05, 0.1) is 56.4 Å². The number of hydrogen-bond acceptors (Lipinski definition) is 10. The normalized spacial score (nSPS) is 14.6. The zero-order valence-corrected chi connectivity index (χ0v) is 28.6. The van der Waals surface area contributed by atoms with E-state index in [1.807, 2.05) is 25.1 Å². The second kappa shape index (κ2) is 14.0. The number of nitrogens with zero attached hydrogens (tertiary/aromatic N) is 2. The molecule has 0 spiro atoms. The molecular weight excluding hydrogens is 790 g/mol. The summed E-state index contributed by atoms with van der Waals surface area (Å²) < 4.78 is 30.7. The third kappa shape index (κ3) is 6.67. The average molecular weight is 818 g/mol. The molecule has 0 radical (unpaired) electrons. The Kier molecular flexibility index (Phi) is 10.7. The molecule has 13 heteroatoms. The molecule has 1 aromatic heterocycles. The second-order valence-electron chi connectivity index (χ2n) is 8.82. The summed E-state index contributed by atoms with van der Waals surface area (Å²) in [7, 11) is 2.89. The lowest BCUT2D eigenvalue weighted by Crippen LogP contribution is -2.40. The van der Waals surface area contributed by atoms with Crippen LogP contribution in [0.15, 0.2) is 51.4 Å². The highest BCUT2D eigenvalue weighted by Crippen LogP contribution is 2.36. The van der Waals surface area contributed by atoms with Gasteiger partial charge in [-0.25, -0.2) is 14.6 Å². The number of allylic oxidation sites excluding steroid dienone is 1. The Morgan fingerprint density at radius 3 is 2.38 bits per heavy atom. The summed E-state index contributed by atoms with van der Waals surface area (Å²) in [5.74, 6) is 0.328. The van der Waals surface area contributed by atoms with Crippen LogP contribution in [-0.4, -0.2) is 50.5 Å². The number of methoxy groups -OCH3 is 2. The SMILES string of the molecule is CCOC(=O)C1=C(C)N=c2s/c(=C\c3cc(I)c(OC)c(I)c3)c(=O)n2[C@H]1c1ccc(OCC(=O)OC)c(OCC)c1. The van der Waals surface area contributed by atoms with Crippen molar-refractivity contribution < 1.29 is 33.3 Å². The van der Waals surface area contributed by atoms with Gasteiger partial charge in [-0.3, -0.25) is 9.36 Å². The Balaban J connectivity index is 1.91. The lowest BCUT2D eigenvalue weighted by molar-refractivity contribution is -0.143. The summed E-state index contributed by atoms with van der Waals surface area (Å²) in [5.41, 5.74) is 1.81. The number of halogens is 2. The fourth-order valence-corrected chi connectivity index (χ4v) is 7.70. The number of aromatic nitrogens is 1. The van der Waals surface area contributed by atoms with Gasteiger partial charge in [-0.1, -0.05) is 17.4 Å². The van der Waals surface area contributed by atoms with Crippen molar-refractivity contribution in [2.45, 2.75) is 26.8 Å². The fraction of sp³-hybridized carbons (Fsp3) is 0.310. The van der Waals surface area contributed by atoms with E-state index in [2.05, 4.69) is 54.9 Å². The van der Waals surface area contributed by atoms with Crippen molar-refractivity contribution in [3.63, 3.8) is 0 Å². The van der Waals surface area contributed by atoms with E-state index < -0.39 is 18.0 Å². The third-order valence-corrected chi connectivity index (χ3v) is 8.78. The van der Waals surface area contributed by atoms with Crippen molar-refractivity contribution in [3.8, 4) is 17.2 Å². The molecule has 2 heterocycles. The molecule has 222 valence electrons. The number of thiazole rings is 1. The first-order valence-electron chi connectivity index (χ1n) is 12.8. The van der Waals surface area contributed by atoms with Crippen molar-refractivity contribution in [1.82, 2.24) is 4.57 Å². The summed E-state index contributed by atoms with van der Waals surface area (Å²) in [6, 6.07) is 8.10. The van der Waals surface area contributed by atoms with E-state index in [0.717, 1.165) is 18.5 Å². The molecule has 0 saturated heterocycles. The molecule has 10 nitrogen and oxygen atoms in total. The molecule has 1 aliphatic heterocycles. The van der Waals surface area contributed by atoms with E-state index in [0.29, 0.717) is 38.7 Å². The first kappa shape index (κ1) is 32.0. The van der Waals surface area contributed by atoms with Crippen LogP contribution in [0.3, 0.4) is 0 Å². The number of ether oxygens (including phenoxy) is 5. The summed E-state index contributed by atoms with van der Waals surface area (Å²) >= 11 is 5.64. The number of fused-ring (bicyclic) bond motifs is 1. The van der Waals surface area contributed by atoms with Crippen molar-refractivity contribution in [2.75, 3.05) is 34.0 Å². The molecule has 1 atom stereocenters. The highest BCUT2D eigenvalue weighted by atomic mass is 127. The monoisotopic (exact) mass is 818 g/mol. The molecule has 0 unspecified atom stereocenters. The van der Waals surface area contributed by atoms with E-state index in [1.165, 1.54) is 23.0 Å². The standard InChI is InChI=1S/C29H28I2N2O8S/c1-6-39-21-13-17(8-9-20(21)41-14-23(34)37-4)25-24(28(36)40-7-2)15(3)32-29-33(25)27(35)22(42-29)12-16-10-18(30)26(38-5)19(31)11-16/h8-13,25H,6-7,14H2,1-5H3/b22-12-/t25-/m0/s1. The first-order chi connectivity index (χ1) is 20.1. The smallest absolute Gasteiger partial charge is 0.343 e. The average Bonchev–Trinajstić information content (AvgIpc) is 3.25. The van der Waals surface area contributed by atoms with Crippen molar-refractivity contribution in [3.05, 3.63) is 79.6 Å². The maximum atomic E-state index is 14.0. The van der Waals surface area contributed by atoms with E-state index in [1.54, 1.807) is 39.2 Å². The van der Waals surface area contributed by atoms with Gasteiger partial charge >= 0.3 is 11.9 Å². The van der Waals surface area contributed by atoms with Crippen LogP contribution in [0.5, 0.6) is 17.2 Å². The Bertz CT molecular complexity index is 1720. The van der Waals surface area contributed by atoms with Crippen molar-refractivity contribution in [2.24, 2.45) is 4.99 Å². The molecule has 1 aliphatic rings. The van der Waals surface area contributed by atoms with Gasteiger partial charge in [0, 0.05) is 0 Å². The summed E-state index contributed by atoms with van der Waals surface area (Å²) in [6.07, 6.45) is 1.81. The minimum Gasteiger partial charge on any atom is -0.495 e. The van der Waals surface area contributed by atoms with Gasteiger partial charge in [-0.15, -0.1) is 0 Å². The van der Waals surface area contributed by atoms with E-state index in [-0.39, 0.29) is 24.3 Å². The Morgan fingerprint density at radius 2 is 1.76 bits per heavy atom. The molecule has 3 aromatic rings. The van der Waals surface area contributed by atoms with Crippen LogP contribution in [0.1, 0.15) is 37.9 Å². The Labute approximate surface area is 273 Å². The van der Waals surface area contributed by atoms with Gasteiger partial charge in [0.2, 0.25) is 0 Å². The second-order valence-corrected chi connectivity index (χ2v) is 12.2. The zero-order chi connectivity index (χ0) is 30.6. The molecule has 0 saturated carbocycles. The lowest BCUT2D eigenvalue weighted by Gasteiger charge is -2.25. The largest absolute Gasteiger partial charge is 0.495 e. The van der Waals surface area contributed by atoms with Gasteiger partial charge in [0.25, 0.3) is 5.56 Å². The number of hydrogen-bond donors (Lipinski definition) is 0. The predicted octanol–water partition coefficient (Wildman–Crippen LogP) is 3.97. The van der Waals surface area contributed by atoms with Gasteiger partial charge in [0.1, 0.15) is 5.75 Å². The van der Waals surface area contributed by atoms with E-state index >= 15 is 0 Å². The third-order valence-electron chi connectivity index (χ3n) is 6.20. The van der Waals surface area contributed by atoms with Gasteiger partial charge in [0.15, 0.2) is 22.9 Å². The van der Waals surface area contributed by atoms with Crippen molar-refractivity contribution >= 4 is 74.5 Å².